The normalized spacial score (nSPS) is 11.1. The van der Waals surface area contributed by atoms with E-state index in [9.17, 15) is 9.59 Å². The average molecular weight is 406 g/mol. The second-order valence-corrected chi connectivity index (χ2v) is 6.95. The number of carbonyl (C=O) groups is 2. The number of hydrogen-bond acceptors (Lipinski definition) is 3. The smallest absolute Gasteiger partial charge is 0.261 e. The van der Waals surface area contributed by atoms with E-state index in [-0.39, 0.29) is 10.7 Å². The molecule has 0 atom stereocenters. The minimum atomic E-state index is -0.544. The summed E-state index contributed by atoms with van der Waals surface area (Å²) in [6, 6.07) is 18.0. The molecule has 0 aliphatic carbocycles. The molecule has 0 saturated heterocycles. The lowest BCUT2D eigenvalue weighted by molar-refractivity contribution is -0.118. The summed E-state index contributed by atoms with van der Waals surface area (Å²) >= 11 is 6.12. The van der Waals surface area contributed by atoms with Gasteiger partial charge >= 0.3 is 0 Å². The molecule has 2 N–H and O–H groups in total. The Balaban J connectivity index is 1.94. The number of nitrogens with zero attached hydrogens (tertiary/aromatic N) is 1. The summed E-state index contributed by atoms with van der Waals surface area (Å²) in [5, 5.41) is 5.74. The Bertz CT molecular complexity index is 1060. The molecule has 0 aliphatic heterocycles. The van der Waals surface area contributed by atoms with Crippen LogP contribution in [-0.2, 0) is 9.59 Å². The van der Waals surface area contributed by atoms with Crippen molar-refractivity contribution < 1.29 is 9.59 Å². The van der Waals surface area contributed by atoms with E-state index in [1.165, 1.54) is 6.08 Å². The zero-order valence-electron chi connectivity index (χ0n) is 16.1. The van der Waals surface area contributed by atoms with Crippen LogP contribution in [0.3, 0.4) is 0 Å². The lowest BCUT2D eigenvalue weighted by Gasteiger charge is -2.12. The fourth-order valence-electron chi connectivity index (χ4n) is 2.86. The SMILES string of the molecule is Cc1cc(C)cc(NC(=O)C(=Cc2cccnc2Cl)C(=O)Nc2ccccc2)c1. The van der Waals surface area contributed by atoms with Gasteiger partial charge in [-0.25, -0.2) is 4.98 Å². The van der Waals surface area contributed by atoms with Crippen molar-refractivity contribution in [3.05, 3.63) is 94.3 Å². The topological polar surface area (TPSA) is 71.1 Å². The Hall–Kier alpha value is -3.44. The van der Waals surface area contributed by atoms with E-state index in [0.29, 0.717) is 16.9 Å². The summed E-state index contributed by atoms with van der Waals surface area (Å²) in [5.74, 6) is -1.08. The molecule has 2 aromatic carbocycles. The number of nitrogens with one attached hydrogen (secondary N) is 2. The monoisotopic (exact) mass is 405 g/mol. The van der Waals surface area contributed by atoms with E-state index in [2.05, 4.69) is 15.6 Å². The molecule has 1 aromatic heterocycles. The first kappa shape index (κ1) is 20.3. The van der Waals surface area contributed by atoms with Crippen molar-refractivity contribution in [2.45, 2.75) is 13.8 Å². The predicted molar refractivity (Wildman–Crippen MR) is 117 cm³/mol. The van der Waals surface area contributed by atoms with E-state index in [1.807, 2.05) is 38.1 Å². The van der Waals surface area contributed by atoms with Gasteiger partial charge in [0, 0.05) is 23.1 Å². The van der Waals surface area contributed by atoms with Gasteiger partial charge in [-0.1, -0.05) is 41.9 Å². The van der Waals surface area contributed by atoms with Crippen LogP contribution in [0.5, 0.6) is 0 Å². The van der Waals surface area contributed by atoms with Gasteiger partial charge in [0.05, 0.1) is 0 Å². The molecule has 0 aliphatic rings. The largest absolute Gasteiger partial charge is 0.322 e. The summed E-state index contributed by atoms with van der Waals surface area (Å²) in [5.41, 5.74) is 3.61. The third-order valence-corrected chi connectivity index (χ3v) is 4.40. The van der Waals surface area contributed by atoms with E-state index in [4.69, 9.17) is 11.6 Å². The molecule has 0 radical (unpaired) electrons. The van der Waals surface area contributed by atoms with Crippen LogP contribution in [0.2, 0.25) is 5.15 Å². The van der Waals surface area contributed by atoms with Crippen LogP contribution in [0, 0.1) is 13.8 Å². The standard InChI is InChI=1S/C23H20ClN3O2/c1-15-11-16(2)13-19(12-15)27-23(29)20(14-17-7-6-10-25-21(17)24)22(28)26-18-8-4-3-5-9-18/h3-14H,1-2H3,(H,26,28)(H,27,29). The number of benzene rings is 2. The molecule has 5 nitrogen and oxygen atoms in total. The van der Waals surface area contributed by atoms with Crippen molar-refractivity contribution in [1.82, 2.24) is 4.98 Å². The van der Waals surface area contributed by atoms with E-state index in [1.54, 1.807) is 42.6 Å². The first-order valence-electron chi connectivity index (χ1n) is 9.00. The van der Waals surface area contributed by atoms with Gasteiger partial charge in [0.2, 0.25) is 0 Å². The lowest BCUT2D eigenvalue weighted by atomic mass is 10.1. The molecule has 2 amide bonds. The molecule has 29 heavy (non-hydrogen) atoms. The van der Waals surface area contributed by atoms with Gasteiger partial charge in [-0.15, -0.1) is 0 Å². The summed E-state index contributed by atoms with van der Waals surface area (Å²) < 4.78 is 0. The highest BCUT2D eigenvalue weighted by Crippen LogP contribution is 2.19. The Kier molecular flexibility index (Phi) is 6.42. The Morgan fingerprint density at radius 1 is 0.862 bits per heavy atom. The van der Waals surface area contributed by atoms with Crippen molar-refractivity contribution >= 4 is 40.9 Å². The van der Waals surface area contributed by atoms with Crippen LogP contribution in [0.4, 0.5) is 11.4 Å². The number of anilines is 2. The predicted octanol–water partition coefficient (Wildman–Crippen LogP) is 5.01. The molecule has 146 valence electrons. The minimum Gasteiger partial charge on any atom is -0.322 e. The summed E-state index contributed by atoms with van der Waals surface area (Å²) in [6.45, 7) is 3.88. The number of pyridine rings is 1. The molecule has 1 heterocycles. The third kappa shape index (κ3) is 5.53. The zero-order valence-corrected chi connectivity index (χ0v) is 16.8. The summed E-state index contributed by atoms with van der Waals surface area (Å²) in [4.78, 5) is 29.9. The molecule has 0 saturated carbocycles. The quantitative estimate of drug-likeness (QED) is 0.271. The maximum Gasteiger partial charge on any atom is 0.261 e. The summed E-state index contributed by atoms with van der Waals surface area (Å²) in [7, 11) is 0. The van der Waals surface area contributed by atoms with Crippen molar-refractivity contribution in [3.63, 3.8) is 0 Å². The van der Waals surface area contributed by atoms with Crippen LogP contribution >= 0.6 is 11.6 Å². The Morgan fingerprint density at radius 2 is 1.48 bits per heavy atom. The highest BCUT2D eigenvalue weighted by atomic mass is 35.5. The number of carbonyl (C=O) groups excluding carboxylic acids is 2. The van der Waals surface area contributed by atoms with Crippen molar-refractivity contribution in [1.29, 1.82) is 0 Å². The van der Waals surface area contributed by atoms with Gasteiger partial charge in [0.1, 0.15) is 10.7 Å². The minimum absolute atomic E-state index is 0.0806. The van der Waals surface area contributed by atoms with Gasteiger partial charge in [0.25, 0.3) is 11.8 Å². The molecule has 0 spiro atoms. The first-order chi connectivity index (χ1) is 13.9. The Morgan fingerprint density at radius 3 is 2.10 bits per heavy atom. The second kappa shape index (κ2) is 9.17. The second-order valence-electron chi connectivity index (χ2n) is 6.59. The maximum atomic E-state index is 13.0. The van der Waals surface area contributed by atoms with Crippen LogP contribution < -0.4 is 10.6 Å². The molecule has 3 rings (SSSR count). The number of para-hydroxylation sites is 1. The van der Waals surface area contributed by atoms with Gasteiger partial charge in [0.15, 0.2) is 0 Å². The van der Waals surface area contributed by atoms with Crippen molar-refractivity contribution in [3.8, 4) is 0 Å². The molecular formula is C23H20ClN3O2. The van der Waals surface area contributed by atoms with E-state index >= 15 is 0 Å². The van der Waals surface area contributed by atoms with Crippen LogP contribution in [0.1, 0.15) is 16.7 Å². The molecule has 0 unspecified atom stereocenters. The van der Waals surface area contributed by atoms with Crippen molar-refractivity contribution in [2.75, 3.05) is 10.6 Å². The number of halogens is 1. The molecule has 6 heteroatoms. The molecular weight excluding hydrogens is 386 g/mol. The van der Waals surface area contributed by atoms with Gasteiger partial charge < -0.3 is 10.6 Å². The fraction of sp³-hybridized carbons (Fsp3) is 0.0870. The van der Waals surface area contributed by atoms with Gasteiger partial charge in [-0.05, 0) is 61.4 Å². The van der Waals surface area contributed by atoms with Crippen LogP contribution in [0.15, 0.2) is 72.4 Å². The highest BCUT2D eigenvalue weighted by Gasteiger charge is 2.20. The Labute approximate surface area is 174 Å². The van der Waals surface area contributed by atoms with E-state index < -0.39 is 11.8 Å². The summed E-state index contributed by atoms with van der Waals surface area (Å²) in [6.07, 6.45) is 2.98. The number of aryl methyl sites for hydroxylation is 2. The van der Waals surface area contributed by atoms with Crippen molar-refractivity contribution in [2.24, 2.45) is 0 Å². The molecule has 0 fully saturated rings. The maximum absolute atomic E-state index is 13.0. The zero-order chi connectivity index (χ0) is 20.8. The van der Waals surface area contributed by atoms with Gasteiger partial charge in [-0.2, -0.15) is 0 Å². The van der Waals surface area contributed by atoms with Crippen LogP contribution in [0.25, 0.3) is 6.08 Å². The van der Waals surface area contributed by atoms with E-state index in [0.717, 1.165) is 11.1 Å². The fourth-order valence-corrected chi connectivity index (χ4v) is 3.03. The lowest BCUT2D eigenvalue weighted by Crippen LogP contribution is -2.25. The first-order valence-corrected chi connectivity index (χ1v) is 9.38. The molecule has 0 bridgehead atoms. The number of aromatic nitrogens is 1. The highest BCUT2D eigenvalue weighted by molar-refractivity contribution is 6.32. The van der Waals surface area contributed by atoms with Gasteiger partial charge in [-0.3, -0.25) is 9.59 Å². The molecule has 3 aromatic rings. The third-order valence-electron chi connectivity index (χ3n) is 4.09. The number of rotatable bonds is 5. The number of amides is 2. The average Bonchev–Trinajstić information content (AvgIpc) is 2.67. The van der Waals surface area contributed by atoms with Crippen LogP contribution in [-0.4, -0.2) is 16.8 Å². The number of hydrogen-bond donors (Lipinski definition) is 2.